The summed E-state index contributed by atoms with van der Waals surface area (Å²) in [7, 11) is 0. The van der Waals surface area contributed by atoms with Crippen molar-refractivity contribution in [2.45, 2.75) is 65.0 Å². The number of carboxylic acid groups (broad SMARTS) is 1. The molecule has 0 saturated carbocycles. The number of ether oxygens (including phenoxy) is 2. The van der Waals surface area contributed by atoms with Crippen LogP contribution in [0.25, 0.3) is 11.3 Å². The maximum Gasteiger partial charge on any atom is 1.00 e. The fourth-order valence-electron chi connectivity index (χ4n) is 4.73. The summed E-state index contributed by atoms with van der Waals surface area (Å²) in [6, 6.07) is 29.7. The van der Waals surface area contributed by atoms with Crippen LogP contribution in [0.3, 0.4) is 0 Å². The van der Waals surface area contributed by atoms with Gasteiger partial charge in [0.2, 0.25) is 0 Å². The molecule has 204 valence electrons. The van der Waals surface area contributed by atoms with Gasteiger partial charge in [0.25, 0.3) is 0 Å². The third-order valence-electron chi connectivity index (χ3n) is 6.94. The van der Waals surface area contributed by atoms with Gasteiger partial charge in [-0.15, -0.1) is 0 Å². The van der Waals surface area contributed by atoms with Crippen LogP contribution < -0.4 is 44.1 Å². The van der Waals surface area contributed by atoms with Crippen molar-refractivity contribution in [1.82, 2.24) is 4.57 Å². The van der Waals surface area contributed by atoms with Gasteiger partial charge in [0.15, 0.2) is 0 Å². The van der Waals surface area contributed by atoms with Gasteiger partial charge in [0.05, 0.1) is 12.6 Å². The van der Waals surface area contributed by atoms with E-state index in [1.165, 1.54) is 30.5 Å². The van der Waals surface area contributed by atoms with E-state index in [9.17, 15) is 9.90 Å². The van der Waals surface area contributed by atoms with E-state index in [1.807, 2.05) is 54.6 Å². The van der Waals surface area contributed by atoms with E-state index in [1.54, 1.807) is 0 Å². The summed E-state index contributed by atoms with van der Waals surface area (Å²) in [5.41, 5.74) is 5.59. The van der Waals surface area contributed by atoms with Crippen molar-refractivity contribution < 1.29 is 48.9 Å². The SMILES string of the molecule is CCCCCc1ccc(OCCCn2c(C)ccc2-c2ccc(O[C@H](Cc3ccccc3)C(=O)[O-])cc2)cc1.[Na+]. The molecule has 1 heterocycles. The van der Waals surface area contributed by atoms with E-state index in [2.05, 4.69) is 54.8 Å². The Morgan fingerprint density at radius 3 is 2.20 bits per heavy atom. The normalized spacial score (nSPS) is 11.4. The number of aryl methyl sites for hydroxylation is 2. The molecule has 0 spiro atoms. The largest absolute Gasteiger partial charge is 1.00 e. The van der Waals surface area contributed by atoms with Crippen molar-refractivity contribution in [3.63, 3.8) is 0 Å². The molecule has 4 aromatic rings. The Labute approximate surface area is 260 Å². The van der Waals surface area contributed by atoms with Crippen molar-refractivity contribution in [1.29, 1.82) is 0 Å². The summed E-state index contributed by atoms with van der Waals surface area (Å²) in [4.78, 5) is 11.7. The maximum absolute atomic E-state index is 11.7. The molecule has 0 fully saturated rings. The molecule has 0 amide bonds. The van der Waals surface area contributed by atoms with Crippen LogP contribution in [0.1, 0.15) is 49.4 Å². The monoisotopic (exact) mass is 547 g/mol. The van der Waals surface area contributed by atoms with E-state index >= 15 is 0 Å². The van der Waals surface area contributed by atoms with Gasteiger partial charge >= 0.3 is 29.6 Å². The number of nitrogens with zero attached hydrogens (tertiary/aromatic N) is 1. The zero-order chi connectivity index (χ0) is 27.5. The number of carbonyl (C=O) groups is 1. The van der Waals surface area contributed by atoms with Crippen LogP contribution in [0, 0.1) is 6.92 Å². The Morgan fingerprint density at radius 1 is 0.825 bits per heavy atom. The average Bonchev–Trinajstić information content (AvgIpc) is 3.32. The number of aliphatic carboxylic acids is 1. The Kier molecular flexibility index (Phi) is 12.9. The number of benzene rings is 3. The van der Waals surface area contributed by atoms with Crippen molar-refractivity contribution in [3.05, 3.63) is 108 Å². The van der Waals surface area contributed by atoms with Crippen LogP contribution in [0.15, 0.2) is 91.0 Å². The fraction of sp³-hybridized carbons (Fsp3) is 0.324. The average molecular weight is 548 g/mol. The Morgan fingerprint density at radius 2 is 1.52 bits per heavy atom. The summed E-state index contributed by atoms with van der Waals surface area (Å²) in [6.45, 7) is 5.81. The van der Waals surface area contributed by atoms with E-state index in [4.69, 9.17) is 9.47 Å². The van der Waals surface area contributed by atoms with Gasteiger partial charge in [-0.25, -0.2) is 0 Å². The van der Waals surface area contributed by atoms with Gasteiger partial charge in [-0.2, -0.15) is 0 Å². The molecular weight excluding hydrogens is 509 g/mol. The summed E-state index contributed by atoms with van der Waals surface area (Å²) in [6.07, 6.45) is 4.95. The first-order valence-corrected chi connectivity index (χ1v) is 13.9. The summed E-state index contributed by atoms with van der Waals surface area (Å²) in [5, 5.41) is 11.7. The summed E-state index contributed by atoms with van der Waals surface area (Å²) < 4.78 is 14.1. The number of hydrogen-bond donors (Lipinski definition) is 0. The zero-order valence-electron chi connectivity index (χ0n) is 24.0. The minimum absolute atomic E-state index is 0. The Balaban J connectivity index is 0.00000441. The molecule has 1 aromatic heterocycles. The van der Waals surface area contributed by atoms with E-state index in [0.29, 0.717) is 12.4 Å². The first-order valence-electron chi connectivity index (χ1n) is 13.9. The summed E-state index contributed by atoms with van der Waals surface area (Å²) >= 11 is 0. The van der Waals surface area contributed by atoms with Gasteiger partial charge in [0.1, 0.15) is 17.6 Å². The third kappa shape index (κ3) is 9.29. The zero-order valence-corrected chi connectivity index (χ0v) is 26.0. The molecule has 0 N–H and O–H groups in total. The molecule has 40 heavy (non-hydrogen) atoms. The van der Waals surface area contributed by atoms with Gasteiger partial charge in [-0.1, -0.05) is 62.2 Å². The first kappa shape index (κ1) is 31.5. The van der Waals surface area contributed by atoms with Crippen LogP contribution in [0.4, 0.5) is 0 Å². The first-order chi connectivity index (χ1) is 19.0. The Bertz CT molecular complexity index is 1300. The molecule has 0 bridgehead atoms. The number of hydrogen-bond acceptors (Lipinski definition) is 4. The van der Waals surface area contributed by atoms with Gasteiger partial charge in [-0.05, 0) is 91.4 Å². The van der Waals surface area contributed by atoms with Gasteiger partial charge in [-0.3, -0.25) is 0 Å². The number of aromatic nitrogens is 1. The van der Waals surface area contributed by atoms with Crippen LogP contribution in [-0.4, -0.2) is 23.2 Å². The van der Waals surface area contributed by atoms with Gasteiger partial charge < -0.3 is 23.9 Å². The number of carbonyl (C=O) groups excluding carboxylic acids is 1. The number of carboxylic acids is 1. The Hall–Kier alpha value is -2.99. The van der Waals surface area contributed by atoms with Crippen LogP contribution in [0.5, 0.6) is 11.5 Å². The third-order valence-corrected chi connectivity index (χ3v) is 6.94. The number of unbranched alkanes of at least 4 members (excludes halogenated alkanes) is 2. The molecule has 5 nitrogen and oxygen atoms in total. The molecule has 4 rings (SSSR count). The second kappa shape index (κ2) is 16.3. The molecular formula is C34H38NNaO4. The van der Waals surface area contributed by atoms with Crippen LogP contribution in [-0.2, 0) is 24.2 Å². The molecule has 0 aliphatic heterocycles. The molecule has 1 atom stereocenters. The molecule has 0 unspecified atom stereocenters. The molecule has 0 saturated heterocycles. The van der Waals surface area contributed by atoms with E-state index in [0.717, 1.165) is 42.0 Å². The van der Waals surface area contributed by atoms with Crippen molar-refractivity contribution in [2.75, 3.05) is 6.61 Å². The minimum atomic E-state index is -1.22. The van der Waals surface area contributed by atoms with Crippen LogP contribution in [0.2, 0.25) is 0 Å². The predicted molar refractivity (Wildman–Crippen MR) is 154 cm³/mol. The minimum Gasteiger partial charge on any atom is -0.546 e. The standard InChI is InChI=1S/C34H39NO4.Na/c1-3-4-6-10-27-14-18-30(19-15-27)38-24-9-23-35-26(2)13-22-32(35)29-16-20-31(21-17-29)39-33(34(36)37)25-28-11-7-5-8-12-28;/h5,7-8,11-22,33H,3-4,6,9-10,23-25H2,1-2H3,(H,36,37);/q;+1/p-1/t33-;/m1./s1. The summed E-state index contributed by atoms with van der Waals surface area (Å²) in [5.74, 6) is 0.192. The number of rotatable bonds is 15. The molecule has 3 aromatic carbocycles. The molecule has 0 aliphatic rings. The van der Waals surface area contributed by atoms with E-state index < -0.39 is 12.1 Å². The topological polar surface area (TPSA) is 63.5 Å². The van der Waals surface area contributed by atoms with Crippen molar-refractivity contribution >= 4 is 5.97 Å². The quantitative estimate of drug-likeness (QED) is 0.169. The van der Waals surface area contributed by atoms with Crippen molar-refractivity contribution in [2.24, 2.45) is 0 Å². The van der Waals surface area contributed by atoms with Gasteiger partial charge in [0, 0.05) is 24.4 Å². The fourth-order valence-corrected chi connectivity index (χ4v) is 4.73. The maximum atomic E-state index is 11.7. The van der Waals surface area contributed by atoms with Crippen LogP contribution >= 0.6 is 0 Å². The van der Waals surface area contributed by atoms with E-state index in [-0.39, 0.29) is 36.0 Å². The molecule has 6 heteroatoms. The predicted octanol–water partition coefficient (Wildman–Crippen LogP) is 3.41. The second-order valence-electron chi connectivity index (χ2n) is 9.95. The molecule has 0 aliphatic carbocycles. The smallest absolute Gasteiger partial charge is 0.546 e. The second-order valence-corrected chi connectivity index (χ2v) is 9.95. The van der Waals surface area contributed by atoms with Crippen molar-refractivity contribution in [3.8, 4) is 22.8 Å². The molecule has 0 radical (unpaired) electrons.